The number of pyridine rings is 1. The summed E-state index contributed by atoms with van der Waals surface area (Å²) in [4.78, 5) is 18.0. The van der Waals surface area contributed by atoms with Gasteiger partial charge >= 0.3 is 5.97 Å². The quantitative estimate of drug-likeness (QED) is 0.773. The van der Waals surface area contributed by atoms with Crippen LogP contribution in [0.1, 0.15) is 20.8 Å². The molecule has 0 bridgehead atoms. The molecule has 0 atom stereocenters. The van der Waals surface area contributed by atoms with Crippen molar-refractivity contribution in [3.63, 3.8) is 0 Å². The molecule has 0 radical (unpaired) electrons. The number of carbonyl (C=O) groups is 1. The first kappa shape index (κ1) is 13.4. The van der Waals surface area contributed by atoms with Gasteiger partial charge < -0.3 is 9.64 Å². The lowest BCUT2D eigenvalue weighted by Gasteiger charge is -2.28. The van der Waals surface area contributed by atoms with Crippen LogP contribution in [0, 0.1) is 0 Å². The fourth-order valence-corrected chi connectivity index (χ4v) is 2.04. The Bertz CT molecular complexity index is 563. The van der Waals surface area contributed by atoms with Gasteiger partial charge in [0.25, 0.3) is 0 Å². The van der Waals surface area contributed by atoms with Crippen LogP contribution < -0.4 is 4.90 Å². The molecule has 0 aliphatic carbocycles. The third kappa shape index (κ3) is 2.86. The number of anilines is 1. The van der Waals surface area contributed by atoms with Gasteiger partial charge in [0.1, 0.15) is 18.0 Å². The van der Waals surface area contributed by atoms with Gasteiger partial charge in [0.05, 0.1) is 6.61 Å². The van der Waals surface area contributed by atoms with E-state index in [0.717, 1.165) is 11.5 Å². The van der Waals surface area contributed by atoms with Crippen molar-refractivity contribution in [2.24, 2.45) is 0 Å². The Balaban J connectivity index is 2.33. The molecule has 0 spiro atoms. The van der Waals surface area contributed by atoms with Crippen LogP contribution >= 0.6 is 0 Å². The number of carbonyl (C=O) groups excluding carboxylic acids is 1. The average molecular weight is 261 g/mol. The summed E-state index contributed by atoms with van der Waals surface area (Å²) in [5.41, 5.74) is 0.868. The van der Waals surface area contributed by atoms with E-state index in [1.54, 1.807) is 6.20 Å². The minimum Gasteiger partial charge on any atom is -0.465 e. The highest BCUT2D eigenvalue weighted by molar-refractivity contribution is 5.75. The summed E-state index contributed by atoms with van der Waals surface area (Å²) in [6.45, 7) is 6.56. The highest BCUT2D eigenvalue weighted by atomic mass is 16.5. The Morgan fingerprint density at radius 2 is 2.26 bits per heavy atom. The maximum Gasteiger partial charge on any atom is 0.325 e. The van der Waals surface area contributed by atoms with Crippen LogP contribution in [-0.4, -0.2) is 34.5 Å². The second kappa shape index (κ2) is 5.73. The van der Waals surface area contributed by atoms with Gasteiger partial charge in [-0.25, -0.2) is 4.98 Å². The van der Waals surface area contributed by atoms with Crippen molar-refractivity contribution in [1.29, 1.82) is 0 Å². The van der Waals surface area contributed by atoms with Crippen LogP contribution in [0.2, 0.25) is 0 Å². The number of fused-ring (bicyclic) bond motifs is 1. The largest absolute Gasteiger partial charge is 0.465 e. The fraction of sp³-hybridized carbons (Fsp3) is 0.429. The van der Waals surface area contributed by atoms with Gasteiger partial charge in [-0.1, -0.05) is 6.07 Å². The molecule has 0 saturated carbocycles. The minimum absolute atomic E-state index is 0.192. The lowest BCUT2D eigenvalue weighted by molar-refractivity contribution is -0.141. The summed E-state index contributed by atoms with van der Waals surface area (Å²) in [5, 5.41) is 0. The highest BCUT2D eigenvalue weighted by Crippen LogP contribution is 2.18. The second-order valence-electron chi connectivity index (χ2n) is 4.57. The second-order valence-corrected chi connectivity index (χ2v) is 4.57. The fourth-order valence-electron chi connectivity index (χ4n) is 2.04. The number of nitrogens with zero attached hydrogens (tertiary/aromatic N) is 3. The topological polar surface area (TPSA) is 46.8 Å². The monoisotopic (exact) mass is 261 g/mol. The molecule has 2 aromatic heterocycles. The van der Waals surface area contributed by atoms with E-state index in [1.165, 1.54) is 0 Å². The Morgan fingerprint density at radius 3 is 2.95 bits per heavy atom. The first-order chi connectivity index (χ1) is 9.13. The molecular formula is C14H19N3O2. The molecule has 0 N–H and O–H groups in total. The summed E-state index contributed by atoms with van der Waals surface area (Å²) in [5.74, 6) is 0.728. The van der Waals surface area contributed by atoms with Gasteiger partial charge in [0.2, 0.25) is 0 Å². The van der Waals surface area contributed by atoms with E-state index < -0.39 is 0 Å². The first-order valence-corrected chi connectivity index (χ1v) is 6.47. The molecule has 5 nitrogen and oxygen atoms in total. The van der Waals surface area contributed by atoms with Gasteiger partial charge in [-0.05, 0) is 32.9 Å². The van der Waals surface area contributed by atoms with Crippen LogP contribution in [0.3, 0.4) is 0 Å². The summed E-state index contributed by atoms with van der Waals surface area (Å²) in [6, 6.07) is 6.05. The lowest BCUT2D eigenvalue weighted by Crippen LogP contribution is -2.37. The zero-order valence-electron chi connectivity index (χ0n) is 11.5. The van der Waals surface area contributed by atoms with E-state index in [2.05, 4.69) is 18.8 Å². The summed E-state index contributed by atoms with van der Waals surface area (Å²) >= 11 is 0. The molecule has 2 aromatic rings. The highest BCUT2D eigenvalue weighted by Gasteiger charge is 2.17. The van der Waals surface area contributed by atoms with Crippen LogP contribution in [0.25, 0.3) is 5.65 Å². The van der Waals surface area contributed by atoms with Crippen molar-refractivity contribution in [1.82, 2.24) is 9.38 Å². The number of aromatic nitrogens is 2. The number of rotatable bonds is 5. The number of esters is 1. The summed E-state index contributed by atoms with van der Waals surface area (Å²) in [7, 11) is 0. The lowest BCUT2D eigenvalue weighted by atomic mass is 10.3. The van der Waals surface area contributed by atoms with E-state index in [4.69, 9.17) is 4.74 Å². The van der Waals surface area contributed by atoms with Crippen molar-refractivity contribution in [3.8, 4) is 0 Å². The van der Waals surface area contributed by atoms with Crippen LogP contribution in [0.4, 0.5) is 5.82 Å². The third-order valence-corrected chi connectivity index (χ3v) is 2.93. The zero-order valence-corrected chi connectivity index (χ0v) is 11.5. The summed E-state index contributed by atoms with van der Waals surface area (Å²) < 4.78 is 7.00. The molecule has 2 heterocycles. The SMILES string of the molecule is CCOC(=O)CN(c1cccc2nccn12)C(C)C. The van der Waals surface area contributed by atoms with Gasteiger partial charge in [-0.2, -0.15) is 0 Å². The van der Waals surface area contributed by atoms with Crippen molar-refractivity contribution in [2.75, 3.05) is 18.1 Å². The Hall–Kier alpha value is -2.04. The van der Waals surface area contributed by atoms with E-state index in [1.807, 2.05) is 40.6 Å². The molecule has 0 fully saturated rings. The van der Waals surface area contributed by atoms with E-state index in [9.17, 15) is 4.79 Å². The molecule has 2 rings (SSSR count). The average Bonchev–Trinajstić information content (AvgIpc) is 2.84. The van der Waals surface area contributed by atoms with Crippen LogP contribution in [0.15, 0.2) is 30.6 Å². The Labute approximate surface area is 112 Å². The predicted octanol–water partition coefficient (Wildman–Crippen LogP) is 2.11. The van der Waals surface area contributed by atoms with Gasteiger partial charge in [0, 0.05) is 18.4 Å². The number of imidazole rings is 1. The van der Waals surface area contributed by atoms with Gasteiger partial charge in [0.15, 0.2) is 0 Å². The van der Waals surface area contributed by atoms with Crippen LogP contribution in [-0.2, 0) is 9.53 Å². The third-order valence-electron chi connectivity index (χ3n) is 2.93. The maximum absolute atomic E-state index is 11.7. The maximum atomic E-state index is 11.7. The van der Waals surface area contributed by atoms with Crippen molar-refractivity contribution in [2.45, 2.75) is 26.8 Å². The number of ether oxygens (including phenoxy) is 1. The van der Waals surface area contributed by atoms with E-state index in [0.29, 0.717) is 6.61 Å². The molecule has 0 saturated heterocycles. The molecule has 0 aromatic carbocycles. The number of hydrogen-bond acceptors (Lipinski definition) is 4. The molecule has 0 aliphatic rings. The molecule has 0 amide bonds. The molecule has 102 valence electrons. The van der Waals surface area contributed by atoms with Crippen LogP contribution in [0.5, 0.6) is 0 Å². The van der Waals surface area contributed by atoms with Gasteiger partial charge in [-0.15, -0.1) is 0 Å². The summed E-state index contributed by atoms with van der Waals surface area (Å²) in [6.07, 6.45) is 3.65. The molecular weight excluding hydrogens is 242 g/mol. The molecule has 19 heavy (non-hydrogen) atoms. The first-order valence-electron chi connectivity index (χ1n) is 6.47. The normalized spacial score (nSPS) is 10.9. The van der Waals surface area contributed by atoms with Crippen molar-refractivity contribution in [3.05, 3.63) is 30.6 Å². The molecule has 0 aliphatic heterocycles. The predicted molar refractivity (Wildman–Crippen MR) is 74.3 cm³/mol. The zero-order chi connectivity index (χ0) is 13.8. The Kier molecular flexibility index (Phi) is 4.04. The van der Waals surface area contributed by atoms with E-state index in [-0.39, 0.29) is 18.6 Å². The number of hydrogen-bond donors (Lipinski definition) is 0. The van der Waals surface area contributed by atoms with Crippen molar-refractivity contribution < 1.29 is 9.53 Å². The van der Waals surface area contributed by atoms with E-state index >= 15 is 0 Å². The Morgan fingerprint density at radius 1 is 1.47 bits per heavy atom. The van der Waals surface area contributed by atoms with Gasteiger partial charge in [-0.3, -0.25) is 9.20 Å². The molecule has 0 unspecified atom stereocenters. The minimum atomic E-state index is -0.215. The van der Waals surface area contributed by atoms with Crippen molar-refractivity contribution >= 4 is 17.4 Å². The molecule has 5 heteroatoms. The standard InChI is InChI=1S/C14H19N3O2/c1-4-19-14(18)10-17(11(2)3)13-7-5-6-12-15-8-9-16(12)13/h5-9,11H,4,10H2,1-3H3. The smallest absolute Gasteiger partial charge is 0.325 e.